The van der Waals surface area contributed by atoms with Crippen LogP contribution in [0.4, 0.5) is 5.69 Å². The molecule has 0 aliphatic heterocycles. The summed E-state index contributed by atoms with van der Waals surface area (Å²) in [6.45, 7) is -0.351. The molecule has 0 saturated heterocycles. The number of esters is 1. The van der Waals surface area contributed by atoms with Gasteiger partial charge < -0.3 is 14.8 Å². The fourth-order valence-electron chi connectivity index (χ4n) is 2.58. The van der Waals surface area contributed by atoms with Gasteiger partial charge in [0.2, 0.25) is 0 Å². The lowest BCUT2D eigenvalue weighted by Crippen LogP contribution is -2.21. The summed E-state index contributed by atoms with van der Waals surface area (Å²) in [5, 5.41) is 4.86. The number of rotatable bonds is 7. The Morgan fingerprint density at radius 2 is 1.79 bits per heavy atom. The van der Waals surface area contributed by atoms with Gasteiger partial charge >= 0.3 is 5.97 Å². The van der Waals surface area contributed by atoms with Gasteiger partial charge in [-0.3, -0.25) is 9.59 Å². The standard InChI is InChI=1S/C21H18BrNO4S/c1-26-17-9-5-4-8-16(17)23-19(24)12-27-20(25)13-28-18-11-10-14-6-2-3-7-15(14)21(18)22/h2-11H,12-13H2,1H3,(H,23,24). The molecule has 0 unspecified atom stereocenters. The SMILES string of the molecule is COc1ccccc1NC(=O)COC(=O)CSc1ccc2ccccc2c1Br. The first kappa shape index (κ1) is 20.2. The second-order valence-corrected chi connectivity index (χ2v) is 7.61. The fraction of sp³-hybridized carbons (Fsp3) is 0.143. The summed E-state index contributed by atoms with van der Waals surface area (Å²) in [4.78, 5) is 24.9. The van der Waals surface area contributed by atoms with Crippen molar-refractivity contribution in [3.05, 3.63) is 65.1 Å². The third-order valence-corrected chi connectivity index (χ3v) is 6.07. The molecule has 28 heavy (non-hydrogen) atoms. The minimum Gasteiger partial charge on any atom is -0.495 e. The van der Waals surface area contributed by atoms with Gasteiger partial charge in [-0.15, -0.1) is 11.8 Å². The highest BCUT2D eigenvalue weighted by molar-refractivity contribution is 9.10. The number of thioether (sulfide) groups is 1. The lowest BCUT2D eigenvalue weighted by Gasteiger charge is -2.10. The van der Waals surface area contributed by atoms with Crippen LogP contribution in [0.3, 0.4) is 0 Å². The zero-order valence-corrected chi connectivity index (χ0v) is 17.5. The highest BCUT2D eigenvalue weighted by Crippen LogP contribution is 2.34. The molecule has 3 aromatic carbocycles. The molecule has 0 fully saturated rings. The van der Waals surface area contributed by atoms with Crippen LogP contribution in [0.5, 0.6) is 5.75 Å². The number of carbonyl (C=O) groups excluding carboxylic acids is 2. The van der Waals surface area contributed by atoms with E-state index in [1.165, 1.54) is 18.9 Å². The zero-order valence-electron chi connectivity index (χ0n) is 15.1. The molecule has 1 amide bonds. The minimum absolute atomic E-state index is 0.110. The Morgan fingerprint density at radius 1 is 1.04 bits per heavy atom. The lowest BCUT2D eigenvalue weighted by molar-refractivity contribution is -0.144. The second-order valence-electron chi connectivity index (χ2n) is 5.80. The van der Waals surface area contributed by atoms with Crippen LogP contribution >= 0.6 is 27.7 Å². The van der Waals surface area contributed by atoms with Gasteiger partial charge in [-0.05, 0) is 44.9 Å². The Kier molecular flexibility index (Phi) is 6.95. The molecule has 0 atom stereocenters. The van der Waals surface area contributed by atoms with Gasteiger partial charge in [0, 0.05) is 9.37 Å². The predicted molar refractivity (Wildman–Crippen MR) is 115 cm³/mol. The maximum Gasteiger partial charge on any atom is 0.316 e. The van der Waals surface area contributed by atoms with Gasteiger partial charge in [0.25, 0.3) is 5.91 Å². The van der Waals surface area contributed by atoms with Crippen molar-refractivity contribution in [1.82, 2.24) is 0 Å². The minimum atomic E-state index is -0.458. The first-order chi connectivity index (χ1) is 13.6. The molecule has 0 aliphatic rings. The largest absolute Gasteiger partial charge is 0.495 e. The third-order valence-electron chi connectivity index (χ3n) is 3.92. The average molecular weight is 460 g/mol. The van der Waals surface area contributed by atoms with Crippen LogP contribution in [0.25, 0.3) is 10.8 Å². The quantitative estimate of drug-likeness (QED) is 0.402. The normalized spacial score (nSPS) is 10.5. The number of halogens is 1. The molecule has 0 aromatic heterocycles. The number of methoxy groups -OCH3 is 1. The van der Waals surface area contributed by atoms with E-state index in [0.717, 1.165) is 20.1 Å². The number of nitrogens with one attached hydrogen (secondary N) is 1. The molecule has 0 saturated carbocycles. The van der Waals surface area contributed by atoms with Crippen LogP contribution in [-0.4, -0.2) is 31.3 Å². The van der Waals surface area contributed by atoms with E-state index < -0.39 is 11.9 Å². The number of benzene rings is 3. The van der Waals surface area contributed by atoms with Crippen molar-refractivity contribution in [3.63, 3.8) is 0 Å². The number of para-hydroxylation sites is 2. The molecular weight excluding hydrogens is 442 g/mol. The number of amides is 1. The summed E-state index contributed by atoms with van der Waals surface area (Å²) in [7, 11) is 1.52. The van der Waals surface area contributed by atoms with Crippen LogP contribution in [0.2, 0.25) is 0 Å². The van der Waals surface area contributed by atoms with Crippen LogP contribution in [0.1, 0.15) is 0 Å². The predicted octanol–water partition coefficient (Wildman–Crippen LogP) is 4.88. The molecular formula is C21H18BrNO4S. The van der Waals surface area contributed by atoms with Gasteiger partial charge in [0.1, 0.15) is 5.75 Å². The maximum absolute atomic E-state index is 12.0. The Morgan fingerprint density at radius 3 is 2.61 bits per heavy atom. The number of anilines is 1. The van der Waals surface area contributed by atoms with Crippen molar-refractivity contribution in [3.8, 4) is 5.75 Å². The molecule has 0 aliphatic carbocycles. The van der Waals surface area contributed by atoms with Gasteiger partial charge in [0.05, 0.1) is 18.6 Å². The van der Waals surface area contributed by atoms with Gasteiger partial charge in [0.15, 0.2) is 6.61 Å². The Labute approximate surface area is 175 Å². The average Bonchev–Trinajstić information content (AvgIpc) is 2.72. The van der Waals surface area contributed by atoms with Crippen molar-refractivity contribution < 1.29 is 19.1 Å². The van der Waals surface area contributed by atoms with Gasteiger partial charge in [-0.1, -0.05) is 42.5 Å². The van der Waals surface area contributed by atoms with Crippen LogP contribution in [0, 0.1) is 0 Å². The molecule has 0 heterocycles. The van der Waals surface area contributed by atoms with E-state index in [-0.39, 0.29) is 12.4 Å². The zero-order chi connectivity index (χ0) is 19.9. The van der Waals surface area contributed by atoms with E-state index in [1.807, 2.05) is 36.4 Å². The summed E-state index contributed by atoms with van der Waals surface area (Å²) in [5.41, 5.74) is 0.528. The second kappa shape index (κ2) is 9.61. The molecule has 0 bridgehead atoms. The molecule has 3 aromatic rings. The van der Waals surface area contributed by atoms with E-state index in [2.05, 4.69) is 21.2 Å². The van der Waals surface area contributed by atoms with Crippen molar-refractivity contribution >= 4 is 56.0 Å². The van der Waals surface area contributed by atoms with E-state index >= 15 is 0 Å². The Hall–Kier alpha value is -2.51. The number of ether oxygens (including phenoxy) is 2. The van der Waals surface area contributed by atoms with Gasteiger partial charge in [-0.25, -0.2) is 0 Å². The van der Waals surface area contributed by atoms with Crippen molar-refractivity contribution in [1.29, 1.82) is 0 Å². The molecule has 1 N–H and O–H groups in total. The van der Waals surface area contributed by atoms with E-state index in [4.69, 9.17) is 9.47 Å². The molecule has 144 valence electrons. The number of hydrogen-bond donors (Lipinski definition) is 1. The van der Waals surface area contributed by atoms with Crippen molar-refractivity contribution in [2.45, 2.75) is 4.90 Å². The molecule has 0 radical (unpaired) electrons. The highest BCUT2D eigenvalue weighted by atomic mass is 79.9. The van der Waals surface area contributed by atoms with Gasteiger partial charge in [-0.2, -0.15) is 0 Å². The fourth-order valence-corrected chi connectivity index (χ4v) is 4.18. The summed E-state index contributed by atoms with van der Waals surface area (Å²) in [5.74, 6) is -0.229. The summed E-state index contributed by atoms with van der Waals surface area (Å²) in [6.07, 6.45) is 0. The summed E-state index contributed by atoms with van der Waals surface area (Å²) >= 11 is 4.95. The van der Waals surface area contributed by atoms with E-state index in [9.17, 15) is 9.59 Å². The maximum atomic E-state index is 12.0. The third kappa shape index (κ3) is 5.05. The molecule has 3 rings (SSSR count). The van der Waals surface area contributed by atoms with E-state index in [0.29, 0.717) is 11.4 Å². The van der Waals surface area contributed by atoms with Crippen molar-refractivity contribution in [2.24, 2.45) is 0 Å². The number of fused-ring (bicyclic) bond motifs is 1. The molecule has 0 spiro atoms. The summed E-state index contributed by atoms with van der Waals surface area (Å²) in [6, 6.07) is 19.0. The van der Waals surface area contributed by atoms with Crippen molar-refractivity contribution in [2.75, 3.05) is 24.8 Å². The monoisotopic (exact) mass is 459 g/mol. The Balaban J connectivity index is 1.51. The summed E-state index contributed by atoms with van der Waals surface area (Å²) < 4.78 is 11.2. The number of carbonyl (C=O) groups is 2. The Bertz CT molecular complexity index is 1010. The smallest absolute Gasteiger partial charge is 0.316 e. The number of hydrogen-bond acceptors (Lipinski definition) is 5. The highest BCUT2D eigenvalue weighted by Gasteiger charge is 2.12. The first-order valence-corrected chi connectivity index (χ1v) is 10.2. The first-order valence-electron chi connectivity index (χ1n) is 8.47. The molecule has 7 heteroatoms. The molecule has 5 nitrogen and oxygen atoms in total. The van der Waals surface area contributed by atoms with Crippen LogP contribution in [-0.2, 0) is 14.3 Å². The van der Waals surface area contributed by atoms with E-state index in [1.54, 1.807) is 24.3 Å². The lowest BCUT2D eigenvalue weighted by atomic mass is 10.1. The topological polar surface area (TPSA) is 64.6 Å². The van der Waals surface area contributed by atoms with Crippen LogP contribution in [0.15, 0.2) is 70.0 Å². The van der Waals surface area contributed by atoms with Crippen LogP contribution < -0.4 is 10.1 Å².